The normalized spacial score (nSPS) is 9.70. The fourth-order valence-corrected chi connectivity index (χ4v) is 0.360. The summed E-state index contributed by atoms with van der Waals surface area (Å²) in [6.45, 7) is 2.07. The maximum atomic E-state index is 9.52. The van der Waals surface area contributed by atoms with Crippen LogP contribution >= 0.6 is 0 Å². The second kappa shape index (κ2) is 8.67. The molecule has 10 heavy (non-hydrogen) atoms. The summed E-state index contributed by atoms with van der Waals surface area (Å²) in [7, 11) is 0. The molecule has 0 atom stereocenters. The van der Waals surface area contributed by atoms with Crippen LogP contribution in [0.25, 0.3) is 0 Å². The standard InChI is InChI=1S/C9H8O/c1-2-3-4-5-6-7-8-9-10/h4H,2-3H2,1H3. The first kappa shape index (κ1) is 9.67. The average Bonchev–Trinajstić information content (AvgIpc) is 1.97. The topological polar surface area (TPSA) is 17.1 Å². The van der Waals surface area contributed by atoms with Crippen molar-refractivity contribution < 1.29 is 4.79 Å². The number of carbonyl (C=O) groups excluding carboxylic acids is 1. The van der Waals surface area contributed by atoms with Gasteiger partial charge in [-0.2, -0.15) is 0 Å². The van der Waals surface area contributed by atoms with Crippen LogP contribution in [0.15, 0.2) is 0 Å². The fraction of sp³-hybridized carbons (Fsp3) is 0.333. The summed E-state index contributed by atoms with van der Waals surface area (Å²) in [6.07, 6.45) is 14.9. The Morgan fingerprint density at radius 2 is 2.10 bits per heavy atom. The van der Waals surface area contributed by atoms with Crippen molar-refractivity contribution in [3.63, 3.8) is 0 Å². The van der Waals surface area contributed by atoms with Crippen molar-refractivity contribution in [2.45, 2.75) is 19.8 Å². The summed E-state index contributed by atoms with van der Waals surface area (Å²) in [6, 6.07) is 0. The molecule has 10 radical (unpaired) electrons. The van der Waals surface area contributed by atoms with E-state index in [1.807, 2.05) is 6.42 Å². The van der Waals surface area contributed by atoms with Crippen LogP contribution < -0.4 is 0 Å². The zero-order chi connectivity index (χ0) is 7.66. The summed E-state index contributed by atoms with van der Waals surface area (Å²) in [4.78, 5) is 9.52. The molecule has 0 aliphatic rings. The number of hydrogen-bond donors (Lipinski definition) is 0. The van der Waals surface area contributed by atoms with E-state index < -0.39 is 0 Å². The SMILES string of the molecule is CCC[CH][C][C][C][C][C]=O. The smallest absolute Gasteiger partial charge is 0.207 e. The Hall–Kier alpha value is -0.330. The number of unbranched alkanes of at least 4 members (excludes halogenated alkanes) is 6. The van der Waals surface area contributed by atoms with E-state index >= 15 is 0 Å². The molecule has 0 aromatic rings. The van der Waals surface area contributed by atoms with E-state index in [1.165, 1.54) is 6.29 Å². The van der Waals surface area contributed by atoms with Crippen molar-refractivity contribution in [1.29, 1.82) is 0 Å². The minimum absolute atomic E-state index is 0.972. The molecule has 0 bridgehead atoms. The summed E-state index contributed by atoms with van der Waals surface area (Å²) >= 11 is 0. The monoisotopic (exact) mass is 132 g/mol. The van der Waals surface area contributed by atoms with Crippen molar-refractivity contribution >= 4 is 6.29 Å². The van der Waals surface area contributed by atoms with E-state index in [1.54, 1.807) is 0 Å². The first-order valence-electron chi connectivity index (χ1n) is 3.11. The van der Waals surface area contributed by atoms with Gasteiger partial charge in [-0.05, 0) is 19.3 Å². The van der Waals surface area contributed by atoms with E-state index in [0.29, 0.717) is 0 Å². The predicted octanol–water partition coefficient (Wildman–Crippen LogP) is 1.43. The van der Waals surface area contributed by atoms with E-state index in [-0.39, 0.29) is 0 Å². The quantitative estimate of drug-likeness (QED) is 0.479. The summed E-state index contributed by atoms with van der Waals surface area (Å²) in [5, 5.41) is 0. The van der Waals surface area contributed by atoms with E-state index in [2.05, 4.69) is 32.6 Å². The molecule has 0 aliphatic carbocycles. The fourth-order valence-electron chi connectivity index (χ4n) is 0.360. The van der Waals surface area contributed by atoms with Gasteiger partial charge < -0.3 is 0 Å². The second-order valence-electron chi connectivity index (χ2n) is 1.61. The van der Waals surface area contributed by atoms with Crippen LogP contribution in [0, 0.1) is 32.1 Å². The molecule has 0 saturated carbocycles. The predicted molar refractivity (Wildman–Crippen MR) is 37.9 cm³/mol. The molecule has 0 aliphatic heterocycles. The van der Waals surface area contributed by atoms with E-state index in [0.717, 1.165) is 12.8 Å². The van der Waals surface area contributed by atoms with Crippen molar-refractivity contribution in [2.75, 3.05) is 0 Å². The number of rotatable bonds is 7. The molecule has 50 valence electrons. The van der Waals surface area contributed by atoms with Crippen molar-refractivity contribution in [2.24, 2.45) is 0 Å². The van der Waals surface area contributed by atoms with Crippen LogP contribution in [0.2, 0.25) is 0 Å². The van der Waals surface area contributed by atoms with Crippen molar-refractivity contribution in [3.8, 4) is 0 Å². The molecule has 0 aromatic heterocycles. The third-order valence-electron chi connectivity index (χ3n) is 0.783. The van der Waals surface area contributed by atoms with Gasteiger partial charge >= 0.3 is 0 Å². The molecule has 1 heteroatoms. The molecule has 0 amide bonds. The van der Waals surface area contributed by atoms with E-state index in [4.69, 9.17) is 0 Å². The summed E-state index contributed by atoms with van der Waals surface area (Å²) < 4.78 is 0. The Morgan fingerprint density at radius 1 is 1.30 bits per heavy atom. The van der Waals surface area contributed by atoms with Gasteiger partial charge in [0.05, 0.1) is 6.42 Å². The van der Waals surface area contributed by atoms with Crippen LogP contribution in [0.5, 0.6) is 0 Å². The molecular formula is C9H8O. The van der Waals surface area contributed by atoms with Gasteiger partial charge in [0.1, 0.15) is 0 Å². The minimum atomic E-state index is 0.972. The zero-order valence-corrected chi connectivity index (χ0v) is 5.90. The van der Waals surface area contributed by atoms with Crippen molar-refractivity contribution in [1.82, 2.24) is 0 Å². The molecule has 0 rings (SSSR count). The lowest BCUT2D eigenvalue weighted by Gasteiger charge is -1.92. The van der Waals surface area contributed by atoms with Crippen LogP contribution in [-0.4, -0.2) is 6.29 Å². The molecule has 0 heterocycles. The van der Waals surface area contributed by atoms with Crippen LogP contribution in [0.3, 0.4) is 0 Å². The highest BCUT2D eigenvalue weighted by Crippen LogP contribution is 2.00. The summed E-state index contributed by atoms with van der Waals surface area (Å²) in [5.41, 5.74) is 0. The highest BCUT2D eigenvalue weighted by atomic mass is 16.1. The van der Waals surface area contributed by atoms with Gasteiger partial charge in [-0.25, -0.2) is 0 Å². The van der Waals surface area contributed by atoms with Gasteiger partial charge in [-0.3, -0.25) is 4.79 Å². The third kappa shape index (κ3) is 7.67. The largest absolute Gasteiger partial charge is 0.290 e. The molecule has 0 N–H and O–H groups in total. The first-order valence-corrected chi connectivity index (χ1v) is 3.11. The molecule has 1 nitrogen and oxygen atoms in total. The minimum Gasteiger partial charge on any atom is -0.290 e. The van der Waals surface area contributed by atoms with Gasteiger partial charge in [-0.15, -0.1) is 0 Å². The Kier molecular flexibility index (Phi) is 8.38. The van der Waals surface area contributed by atoms with Gasteiger partial charge in [0.25, 0.3) is 0 Å². The van der Waals surface area contributed by atoms with Gasteiger partial charge in [0.2, 0.25) is 6.29 Å². The second-order valence-corrected chi connectivity index (χ2v) is 1.61. The third-order valence-corrected chi connectivity index (χ3v) is 0.783. The molecule has 0 fully saturated rings. The molecule has 0 aromatic carbocycles. The molecule has 0 saturated heterocycles. The van der Waals surface area contributed by atoms with Crippen LogP contribution in [0.1, 0.15) is 19.8 Å². The molecule has 0 unspecified atom stereocenters. The highest BCUT2D eigenvalue weighted by Gasteiger charge is 1.92. The Bertz CT molecular complexity index is 69.1. The Morgan fingerprint density at radius 3 is 2.70 bits per heavy atom. The average molecular weight is 132 g/mol. The van der Waals surface area contributed by atoms with E-state index in [9.17, 15) is 4.79 Å². The lowest BCUT2D eigenvalue weighted by atomic mass is 10.1. The molecule has 0 spiro atoms. The maximum absolute atomic E-state index is 9.52. The lowest BCUT2D eigenvalue weighted by Crippen LogP contribution is -1.84. The van der Waals surface area contributed by atoms with Crippen molar-refractivity contribution in [3.05, 3.63) is 32.1 Å². The van der Waals surface area contributed by atoms with Gasteiger partial charge in [0.15, 0.2) is 0 Å². The highest BCUT2D eigenvalue weighted by molar-refractivity contribution is 5.65. The van der Waals surface area contributed by atoms with Gasteiger partial charge in [-0.1, -0.05) is 13.3 Å². The lowest BCUT2D eigenvalue weighted by molar-refractivity contribution is 0.562. The Balaban J connectivity index is 2.70. The summed E-state index contributed by atoms with van der Waals surface area (Å²) in [5.74, 6) is 0. The molecular weight excluding hydrogens is 124 g/mol. The Labute approximate surface area is 63.8 Å². The first-order chi connectivity index (χ1) is 4.91. The van der Waals surface area contributed by atoms with Crippen LogP contribution in [-0.2, 0) is 4.79 Å². The number of hydrogen-bond acceptors (Lipinski definition) is 1. The van der Waals surface area contributed by atoms with Gasteiger partial charge in [0, 0.05) is 12.8 Å². The zero-order valence-electron chi connectivity index (χ0n) is 5.90. The van der Waals surface area contributed by atoms with Crippen LogP contribution in [0.4, 0.5) is 0 Å². The maximum Gasteiger partial charge on any atom is 0.207 e.